The van der Waals surface area contributed by atoms with Crippen molar-refractivity contribution in [2.45, 2.75) is 4.90 Å². The number of benzene rings is 1. The second kappa shape index (κ2) is 3.75. The van der Waals surface area contributed by atoms with Gasteiger partial charge in [0.2, 0.25) is 0 Å². The molecule has 0 bridgehead atoms. The number of nitrogens with two attached hydrogens (primary N) is 1. The monoisotopic (exact) mass is 239 g/mol. The highest BCUT2D eigenvalue weighted by molar-refractivity contribution is 7.98. The Morgan fingerprint density at radius 1 is 1.53 bits per heavy atom. The van der Waals surface area contributed by atoms with Crippen LogP contribution in [0, 0.1) is 0 Å². The molecule has 0 aliphatic carbocycles. The van der Waals surface area contributed by atoms with Gasteiger partial charge in [-0.1, -0.05) is 0 Å². The molecule has 0 atom stereocenters. The van der Waals surface area contributed by atoms with Crippen LogP contribution in [0.3, 0.4) is 0 Å². The first-order chi connectivity index (χ1) is 7.13. The van der Waals surface area contributed by atoms with Crippen LogP contribution in [0.25, 0.3) is 10.1 Å². The second-order valence-electron chi connectivity index (χ2n) is 3.01. The first-order valence-electron chi connectivity index (χ1n) is 4.23. The number of carbonyl (C=O) groups is 1. The zero-order valence-corrected chi connectivity index (χ0v) is 9.61. The maximum absolute atomic E-state index is 11.0. The van der Waals surface area contributed by atoms with E-state index in [-0.39, 0.29) is 10.6 Å². The number of thioether (sulfide) groups is 1. The summed E-state index contributed by atoms with van der Waals surface area (Å²) >= 11 is 2.80. The number of hydrogen-bond donors (Lipinski definition) is 2. The molecule has 1 aromatic carbocycles. The van der Waals surface area contributed by atoms with Gasteiger partial charge in [0.25, 0.3) is 5.91 Å². The number of primary amides is 1. The Hall–Kier alpha value is -1.20. The van der Waals surface area contributed by atoms with E-state index in [1.807, 2.05) is 24.5 Å². The largest absolute Gasteiger partial charge is 0.506 e. The van der Waals surface area contributed by atoms with Crippen molar-refractivity contribution in [2.75, 3.05) is 6.26 Å². The number of fused-ring (bicyclic) bond motifs is 1. The Balaban J connectivity index is 2.72. The zero-order valence-electron chi connectivity index (χ0n) is 7.98. The Morgan fingerprint density at radius 2 is 2.27 bits per heavy atom. The van der Waals surface area contributed by atoms with E-state index in [0.29, 0.717) is 5.39 Å². The SMILES string of the molecule is CSc1ccc2sc(C(N)=O)c(O)c2c1. The molecule has 1 aromatic heterocycles. The minimum Gasteiger partial charge on any atom is -0.506 e. The van der Waals surface area contributed by atoms with Gasteiger partial charge in [0, 0.05) is 15.0 Å². The fraction of sp³-hybridized carbons (Fsp3) is 0.100. The van der Waals surface area contributed by atoms with E-state index >= 15 is 0 Å². The molecule has 0 spiro atoms. The predicted octanol–water partition coefficient (Wildman–Crippen LogP) is 2.43. The van der Waals surface area contributed by atoms with Gasteiger partial charge in [-0.2, -0.15) is 0 Å². The molecular formula is C10H9NO2S2. The number of thiophene rings is 1. The summed E-state index contributed by atoms with van der Waals surface area (Å²) in [6, 6.07) is 5.70. The highest BCUT2D eigenvalue weighted by Crippen LogP contribution is 2.38. The van der Waals surface area contributed by atoms with Crippen molar-refractivity contribution in [2.24, 2.45) is 5.73 Å². The Bertz CT molecular complexity index is 533. The van der Waals surface area contributed by atoms with Crippen LogP contribution < -0.4 is 5.73 Å². The topological polar surface area (TPSA) is 63.3 Å². The van der Waals surface area contributed by atoms with Crippen LogP contribution in [0.15, 0.2) is 23.1 Å². The molecule has 5 heteroatoms. The van der Waals surface area contributed by atoms with E-state index in [0.717, 1.165) is 9.60 Å². The first kappa shape index (κ1) is 10.3. The van der Waals surface area contributed by atoms with Crippen molar-refractivity contribution in [1.29, 1.82) is 0 Å². The molecule has 0 radical (unpaired) electrons. The van der Waals surface area contributed by atoms with Crippen LogP contribution in [-0.4, -0.2) is 17.3 Å². The van der Waals surface area contributed by atoms with E-state index in [1.165, 1.54) is 11.3 Å². The fourth-order valence-electron chi connectivity index (χ4n) is 1.36. The highest BCUT2D eigenvalue weighted by Gasteiger charge is 2.15. The first-order valence-corrected chi connectivity index (χ1v) is 6.27. The number of carbonyl (C=O) groups excluding carboxylic acids is 1. The third-order valence-electron chi connectivity index (χ3n) is 2.09. The summed E-state index contributed by atoms with van der Waals surface area (Å²) in [5, 5.41) is 10.5. The number of rotatable bonds is 2. The maximum atomic E-state index is 11.0. The normalized spacial score (nSPS) is 10.7. The van der Waals surface area contributed by atoms with E-state index in [9.17, 15) is 9.90 Å². The molecule has 3 N–H and O–H groups in total. The molecular weight excluding hydrogens is 230 g/mol. The van der Waals surface area contributed by atoms with E-state index in [2.05, 4.69) is 0 Å². The maximum Gasteiger partial charge on any atom is 0.262 e. The molecule has 15 heavy (non-hydrogen) atoms. The van der Waals surface area contributed by atoms with Crippen molar-refractivity contribution in [1.82, 2.24) is 0 Å². The lowest BCUT2D eigenvalue weighted by Crippen LogP contribution is -2.08. The minimum absolute atomic E-state index is 0.00148. The lowest BCUT2D eigenvalue weighted by atomic mass is 10.2. The van der Waals surface area contributed by atoms with Crippen molar-refractivity contribution in [3.05, 3.63) is 23.1 Å². The summed E-state index contributed by atoms with van der Waals surface area (Å²) < 4.78 is 0.874. The van der Waals surface area contributed by atoms with Gasteiger partial charge in [-0.15, -0.1) is 23.1 Å². The van der Waals surface area contributed by atoms with Gasteiger partial charge in [0.1, 0.15) is 10.6 Å². The predicted molar refractivity (Wildman–Crippen MR) is 63.8 cm³/mol. The van der Waals surface area contributed by atoms with Crippen LogP contribution in [-0.2, 0) is 0 Å². The third-order valence-corrected chi connectivity index (χ3v) is 3.99. The Morgan fingerprint density at radius 3 is 2.87 bits per heavy atom. The van der Waals surface area contributed by atoms with Crippen molar-refractivity contribution in [3.63, 3.8) is 0 Å². The summed E-state index contributed by atoms with van der Waals surface area (Å²) in [5.74, 6) is -0.585. The summed E-state index contributed by atoms with van der Waals surface area (Å²) in [7, 11) is 0. The number of amides is 1. The molecule has 0 saturated carbocycles. The van der Waals surface area contributed by atoms with Gasteiger partial charge in [-0.05, 0) is 24.5 Å². The van der Waals surface area contributed by atoms with E-state index in [4.69, 9.17) is 5.73 Å². The molecule has 2 rings (SSSR count). The Labute approximate surface area is 94.9 Å². The van der Waals surface area contributed by atoms with Crippen molar-refractivity contribution < 1.29 is 9.90 Å². The van der Waals surface area contributed by atoms with Crippen LogP contribution in [0.4, 0.5) is 0 Å². The number of aromatic hydroxyl groups is 1. The van der Waals surface area contributed by atoms with Gasteiger partial charge in [-0.3, -0.25) is 4.79 Å². The smallest absolute Gasteiger partial charge is 0.262 e. The summed E-state index contributed by atoms with van der Waals surface area (Å²) in [6.45, 7) is 0. The van der Waals surface area contributed by atoms with Crippen molar-refractivity contribution >= 4 is 39.1 Å². The van der Waals surface area contributed by atoms with Crippen LogP contribution >= 0.6 is 23.1 Å². The van der Waals surface area contributed by atoms with Gasteiger partial charge < -0.3 is 10.8 Å². The number of hydrogen-bond acceptors (Lipinski definition) is 4. The molecule has 1 heterocycles. The quantitative estimate of drug-likeness (QED) is 0.791. The standard InChI is InChI=1S/C10H9NO2S2/c1-14-5-2-3-7-6(4-5)8(12)9(15-7)10(11)13/h2-4,12H,1H3,(H2,11,13). The molecule has 0 unspecified atom stereocenters. The van der Waals surface area contributed by atoms with E-state index < -0.39 is 5.91 Å². The molecule has 1 amide bonds. The van der Waals surface area contributed by atoms with Crippen LogP contribution in [0.2, 0.25) is 0 Å². The molecule has 78 valence electrons. The lowest BCUT2D eigenvalue weighted by molar-refractivity contribution is 0.100. The van der Waals surface area contributed by atoms with Gasteiger partial charge in [-0.25, -0.2) is 0 Å². The molecule has 0 fully saturated rings. The average Bonchev–Trinajstić information content (AvgIpc) is 2.56. The summed E-state index contributed by atoms with van der Waals surface area (Å²) in [5.41, 5.74) is 5.16. The minimum atomic E-state index is -0.584. The zero-order chi connectivity index (χ0) is 11.0. The summed E-state index contributed by atoms with van der Waals surface area (Å²) in [4.78, 5) is 12.3. The van der Waals surface area contributed by atoms with Gasteiger partial charge >= 0.3 is 0 Å². The molecule has 2 aromatic rings. The van der Waals surface area contributed by atoms with E-state index in [1.54, 1.807) is 11.8 Å². The Kier molecular flexibility index (Phi) is 2.58. The highest BCUT2D eigenvalue weighted by atomic mass is 32.2. The van der Waals surface area contributed by atoms with Gasteiger partial charge in [0.05, 0.1) is 0 Å². The summed E-state index contributed by atoms with van der Waals surface area (Å²) in [6.07, 6.45) is 1.96. The van der Waals surface area contributed by atoms with Crippen molar-refractivity contribution in [3.8, 4) is 5.75 Å². The molecule has 3 nitrogen and oxygen atoms in total. The molecule has 0 saturated heterocycles. The fourth-order valence-corrected chi connectivity index (χ4v) is 2.73. The molecule has 0 aliphatic heterocycles. The van der Waals surface area contributed by atoms with Gasteiger partial charge in [0.15, 0.2) is 0 Å². The van der Waals surface area contributed by atoms with Crippen LogP contribution in [0.5, 0.6) is 5.75 Å². The third kappa shape index (κ3) is 1.68. The lowest BCUT2D eigenvalue weighted by Gasteiger charge is -1.96. The molecule has 0 aliphatic rings. The van der Waals surface area contributed by atoms with Crippen LogP contribution in [0.1, 0.15) is 9.67 Å². The average molecular weight is 239 g/mol. The second-order valence-corrected chi connectivity index (χ2v) is 4.94.